The smallest absolute Gasteiger partial charge is 0.229 e. The van der Waals surface area contributed by atoms with Crippen LogP contribution in [0.4, 0.5) is 11.4 Å². The van der Waals surface area contributed by atoms with Crippen molar-refractivity contribution in [1.82, 2.24) is 4.98 Å². The van der Waals surface area contributed by atoms with Crippen molar-refractivity contribution in [3.05, 3.63) is 53.7 Å². The molecule has 29 heavy (non-hydrogen) atoms. The van der Waals surface area contributed by atoms with Crippen molar-refractivity contribution in [3.63, 3.8) is 0 Å². The minimum Gasteiger partial charge on any atom is -0.469 e. The number of fused-ring (bicyclic) bond motifs is 2. The Balaban J connectivity index is 1.87. The predicted molar refractivity (Wildman–Crippen MR) is 118 cm³/mol. The van der Waals surface area contributed by atoms with Gasteiger partial charge in [-0.3, -0.25) is 4.72 Å². The molecule has 0 spiro atoms. The molecule has 0 amide bonds. The maximum Gasteiger partial charge on any atom is 0.229 e. The van der Waals surface area contributed by atoms with E-state index < -0.39 is 10.0 Å². The lowest BCUT2D eigenvalue weighted by Crippen LogP contribution is -2.25. The highest BCUT2D eigenvalue weighted by Gasteiger charge is 2.34. The maximum atomic E-state index is 11.8. The number of ether oxygens (including phenoxy) is 1. The summed E-state index contributed by atoms with van der Waals surface area (Å²) in [6.45, 7) is 6.37. The Labute approximate surface area is 171 Å². The Kier molecular flexibility index (Phi) is 4.73. The van der Waals surface area contributed by atoms with Crippen LogP contribution in [0, 0.1) is 0 Å². The first-order valence-electron chi connectivity index (χ1n) is 9.93. The molecule has 2 aromatic carbocycles. The van der Waals surface area contributed by atoms with E-state index in [0.29, 0.717) is 5.69 Å². The summed E-state index contributed by atoms with van der Waals surface area (Å²) >= 11 is 0. The zero-order chi connectivity index (χ0) is 20.8. The number of hydrogen-bond acceptors (Lipinski definition) is 4. The molecule has 6 nitrogen and oxygen atoms in total. The third kappa shape index (κ3) is 3.33. The van der Waals surface area contributed by atoms with Crippen LogP contribution in [0.3, 0.4) is 0 Å². The monoisotopic (exact) mass is 413 g/mol. The van der Waals surface area contributed by atoms with Crippen LogP contribution in [-0.4, -0.2) is 25.9 Å². The van der Waals surface area contributed by atoms with Gasteiger partial charge in [0.1, 0.15) is 5.75 Å². The second-order valence-corrected chi connectivity index (χ2v) is 9.46. The molecule has 0 saturated heterocycles. The first kappa shape index (κ1) is 19.6. The van der Waals surface area contributed by atoms with Crippen LogP contribution in [0.15, 0.2) is 42.6 Å². The van der Waals surface area contributed by atoms with E-state index in [1.807, 2.05) is 25.3 Å². The Morgan fingerprint density at radius 3 is 2.62 bits per heavy atom. The summed E-state index contributed by atoms with van der Waals surface area (Å²) < 4.78 is 32.1. The van der Waals surface area contributed by atoms with Crippen LogP contribution in [0.1, 0.15) is 44.7 Å². The molecule has 1 aromatic heterocycles. The van der Waals surface area contributed by atoms with Gasteiger partial charge in [0.2, 0.25) is 10.0 Å². The summed E-state index contributed by atoms with van der Waals surface area (Å²) in [4.78, 5) is 3.31. The number of rotatable bonds is 6. The summed E-state index contributed by atoms with van der Waals surface area (Å²) in [7, 11) is -3.36. The fourth-order valence-electron chi connectivity index (χ4n) is 4.51. The van der Waals surface area contributed by atoms with Crippen molar-refractivity contribution in [1.29, 1.82) is 0 Å². The molecule has 2 heterocycles. The lowest BCUT2D eigenvalue weighted by Gasteiger charge is -2.33. The average Bonchev–Trinajstić information content (AvgIpc) is 3.26. The Hall–Kier alpha value is -2.67. The first-order chi connectivity index (χ1) is 13.8. The van der Waals surface area contributed by atoms with Crippen LogP contribution >= 0.6 is 0 Å². The Bertz CT molecular complexity index is 1160. The largest absolute Gasteiger partial charge is 0.469 e. The normalized spacial score (nSPS) is 16.3. The molecular weight excluding hydrogens is 386 g/mol. The fourth-order valence-corrected chi connectivity index (χ4v) is 5.07. The zero-order valence-electron chi connectivity index (χ0n) is 17.2. The second kappa shape index (κ2) is 6.99. The van der Waals surface area contributed by atoms with E-state index >= 15 is 0 Å². The topological polar surface area (TPSA) is 83.2 Å². The highest BCUT2D eigenvalue weighted by Crippen LogP contribution is 2.45. The highest BCUT2D eigenvalue weighted by atomic mass is 32.2. The molecule has 3 N–H and O–H groups in total. The van der Waals surface area contributed by atoms with E-state index in [9.17, 15) is 8.42 Å². The quantitative estimate of drug-likeness (QED) is 0.542. The lowest BCUT2D eigenvalue weighted by atomic mass is 9.70. The van der Waals surface area contributed by atoms with Crippen LogP contribution in [-0.2, 0) is 15.4 Å². The number of benzene rings is 2. The van der Waals surface area contributed by atoms with Gasteiger partial charge >= 0.3 is 0 Å². The van der Waals surface area contributed by atoms with Gasteiger partial charge in [0.25, 0.3) is 0 Å². The van der Waals surface area contributed by atoms with Crippen molar-refractivity contribution in [2.45, 2.75) is 45.3 Å². The first-order valence-corrected chi connectivity index (χ1v) is 11.8. The van der Waals surface area contributed by atoms with Crippen molar-refractivity contribution in [2.75, 3.05) is 16.3 Å². The molecule has 1 atom stereocenters. The molecule has 0 saturated carbocycles. The molecular formula is C22H27N3O3S. The van der Waals surface area contributed by atoms with Gasteiger partial charge in [-0.25, -0.2) is 8.42 Å². The molecule has 4 rings (SSSR count). The molecule has 1 unspecified atom stereocenters. The average molecular weight is 414 g/mol. The van der Waals surface area contributed by atoms with Crippen LogP contribution < -0.4 is 14.8 Å². The molecule has 0 fully saturated rings. The van der Waals surface area contributed by atoms with Crippen molar-refractivity contribution >= 4 is 32.3 Å². The molecule has 3 aromatic rings. The molecule has 154 valence electrons. The number of aromatic nitrogens is 1. The van der Waals surface area contributed by atoms with E-state index in [1.165, 1.54) is 5.56 Å². The number of aromatic amines is 1. The SMILES string of the molecule is CCC(CC)(c1ccc2c(c1)OC(C)N2)c1c[nH]c2c(NS(C)(=O)=O)cccc12. The molecule has 1 aliphatic rings. The summed E-state index contributed by atoms with van der Waals surface area (Å²) in [5.41, 5.74) is 4.51. The Morgan fingerprint density at radius 2 is 1.93 bits per heavy atom. The number of nitrogens with one attached hydrogen (secondary N) is 3. The van der Waals surface area contributed by atoms with E-state index in [-0.39, 0.29) is 11.6 Å². The predicted octanol–water partition coefficient (Wildman–Crippen LogP) is 4.80. The summed E-state index contributed by atoms with van der Waals surface area (Å²) in [5, 5.41) is 4.34. The van der Waals surface area contributed by atoms with Gasteiger partial charge in [0.15, 0.2) is 6.23 Å². The van der Waals surface area contributed by atoms with E-state index in [2.05, 4.69) is 47.1 Å². The Morgan fingerprint density at radius 1 is 1.17 bits per heavy atom. The van der Waals surface area contributed by atoms with E-state index in [1.54, 1.807) is 6.07 Å². The number of sulfonamides is 1. The highest BCUT2D eigenvalue weighted by molar-refractivity contribution is 7.92. The summed E-state index contributed by atoms with van der Waals surface area (Å²) in [6, 6.07) is 12.1. The standard InChI is InChI=1S/C22H27N3O3S/c1-5-22(6-2,15-10-11-18-20(12-15)28-14(3)24-18)17-13-23-21-16(17)8-7-9-19(21)25-29(4,26)27/h7-14,23-25H,5-6H2,1-4H3. The van der Waals surface area contributed by atoms with Crippen molar-refractivity contribution in [3.8, 4) is 5.75 Å². The van der Waals surface area contributed by atoms with Crippen LogP contribution in [0.2, 0.25) is 0 Å². The van der Waals surface area contributed by atoms with Gasteiger partial charge in [-0.2, -0.15) is 0 Å². The van der Waals surface area contributed by atoms with Crippen molar-refractivity contribution < 1.29 is 13.2 Å². The van der Waals surface area contributed by atoms with Crippen molar-refractivity contribution in [2.24, 2.45) is 0 Å². The number of hydrogen-bond donors (Lipinski definition) is 3. The number of anilines is 2. The number of para-hydroxylation sites is 1. The fraction of sp³-hybridized carbons (Fsp3) is 0.364. The molecule has 0 radical (unpaired) electrons. The lowest BCUT2D eigenvalue weighted by molar-refractivity contribution is 0.274. The zero-order valence-corrected chi connectivity index (χ0v) is 18.0. The third-order valence-corrected chi connectivity index (χ3v) is 6.52. The minimum absolute atomic E-state index is 0.0318. The molecule has 1 aliphatic heterocycles. The van der Waals surface area contributed by atoms with Gasteiger partial charge in [-0.1, -0.05) is 32.0 Å². The van der Waals surface area contributed by atoms with Gasteiger partial charge in [-0.15, -0.1) is 0 Å². The summed E-state index contributed by atoms with van der Waals surface area (Å²) in [6.07, 6.45) is 4.96. The molecule has 0 bridgehead atoms. The van der Waals surface area contributed by atoms with Gasteiger partial charge in [0, 0.05) is 17.0 Å². The summed E-state index contributed by atoms with van der Waals surface area (Å²) in [5.74, 6) is 0.876. The number of H-pyrrole nitrogens is 1. The second-order valence-electron chi connectivity index (χ2n) is 7.71. The molecule has 0 aliphatic carbocycles. The van der Waals surface area contributed by atoms with Crippen LogP contribution in [0.25, 0.3) is 10.9 Å². The minimum atomic E-state index is -3.36. The van der Waals surface area contributed by atoms with E-state index in [0.717, 1.165) is 47.0 Å². The van der Waals surface area contributed by atoms with Gasteiger partial charge in [-0.05, 0) is 49.1 Å². The third-order valence-electron chi connectivity index (χ3n) is 5.93. The van der Waals surface area contributed by atoms with Gasteiger partial charge in [0.05, 0.1) is 23.1 Å². The maximum absolute atomic E-state index is 11.8. The van der Waals surface area contributed by atoms with Gasteiger partial charge < -0.3 is 15.0 Å². The van der Waals surface area contributed by atoms with E-state index in [4.69, 9.17) is 4.74 Å². The van der Waals surface area contributed by atoms with Crippen LogP contribution in [0.5, 0.6) is 5.75 Å². The molecule has 7 heteroatoms.